The number of nitrogens with zero attached hydrogens (tertiary/aromatic N) is 1. The van der Waals surface area contributed by atoms with Gasteiger partial charge in [-0.15, -0.1) is 0 Å². The standard InChI is InChI=1S/C19H17F2NO3/c1-3-11-7-8-22-18(16(11)19(23)24-4-2)25-17-14(12-5-6-12)9-13(20)10-15(17)21/h3,7-10,12H,1,4-6H2,2H3. The van der Waals surface area contributed by atoms with Crippen molar-refractivity contribution in [2.75, 3.05) is 6.61 Å². The van der Waals surface area contributed by atoms with Crippen molar-refractivity contribution in [1.82, 2.24) is 4.98 Å². The fraction of sp³-hybridized carbons (Fsp3) is 0.263. The van der Waals surface area contributed by atoms with Gasteiger partial charge in [0, 0.05) is 17.8 Å². The minimum Gasteiger partial charge on any atom is -0.462 e. The molecule has 0 bridgehead atoms. The highest BCUT2D eigenvalue weighted by Crippen LogP contribution is 2.46. The normalized spacial score (nSPS) is 13.4. The van der Waals surface area contributed by atoms with E-state index >= 15 is 0 Å². The van der Waals surface area contributed by atoms with E-state index in [1.165, 1.54) is 18.3 Å². The van der Waals surface area contributed by atoms with Gasteiger partial charge in [0.25, 0.3) is 0 Å². The molecule has 3 rings (SSSR count). The molecule has 0 unspecified atom stereocenters. The van der Waals surface area contributed by atoms with Crippen LogP contribution in [0.5, 0.6) is 11.6 Å². The minimum atomic E-state index is -0.831. The van der Waals surface area contributed by atoms with Crippen LogP contribution < -0.4 is 4.74 Å². The lowest BCUT2D eigenvalue weighted by molar-refractivity contribution is 0.0522. The lowest BCUT2D eigenvalue weighted by Gasteiger charge is -2.15. The SMILES string of the molecule is C=Cc1ccnc(Oc2c(F)cc(F)cc2C2CC2)c1C(=O)OCC. The first-order valence-corrected chi connectivity index (χ1v) is 8.00. The van der Waals surface area contributed by atoms with E-state index in [2.05, 4.69) is 11.6 Å². The van der Waals surface area contributed by atoms with Crippen molar-refractivity contribution < 1.29 is 23.0 Å². The van der Waals surface area contributed by atoms with Crippen LogP contribution in [0.25, 0.3) is 6.08 Å². The Morgan fingerprint density at radius 3 is 2.80 bits per heavy atom. The molecule has 2 aromatic rings. The quantitative estimate of drug-likeness (QED) is 0.702. The highest BCUT2D eigenvalue weighted by atomic mass is 19.1. The summed E-state index contributed by atoms with van der Waals surface area (Å²) in [6, 6.07) is 3.59. The van der Waals surface area contributed by atoms with Crippen LogP contribution in [0, 0.1) is 11.6 Å². The molecule has 130 valence electrons. The molecule has 1 fully saturated rings. The molecule has 0 atom stereocenters. The van der Waals surface area contributed by atoms with E-state index < -0.39 is 17.6 Å². The maximum Gasteiger partial charge on any atom is 0.344 e. The summed E-state index contributed by atoms with van der Waals surface area (Å²) < 4.78 is 38.5. The molecule has 4 nitrogen and oxygen atoms in total. The monoisotopic (exact) mass is 345 g/mol. The Bertz CT molecular complexity index is 832. The molecule has 0 radical (unpaired) electrons. The summed E-state index contributed by atoms with van der Waals surface area (Å²) >= 11 is 0. The number of halogens is 2. The molecule has 0 saturated heterocycles. The van der Waals surface area contributed by atoms with Crippen LogP contribution in [0.1, 0.15) is 47.2 Å². The topological polar surface area (TPSA) is 48.4 Å². The first-order chi connectivity index (χ1) is 12.0. The molecule has 1 aliphatic rings. The van der Waals surface area contributed by atoms with Crippen molar-refractivity contribution >= 4 is 12.0 Å². The molecule has 1 saturated carbocycles. The molecular formula is C19H17F2NO3. The first kappa shape index (κ1) is 17.1. The zero-order valence-corrected chi connectivity index (χ0v) is 13.7. The van der Waals surface area contributed by atoms with Crippen molar-refractivity contribution in [3.8, 4) is 11.6 Å². The first-order valence-electron chi connectivity index (χ1n) is 8.00. The van der Waals surface area contributed by atoms with Crippen molar-refractivity contribution in [2.45, 2.75) is 25.7 Å². The number of pyridine rings is 1. The maximum absolute atomic E-state index is 14.3. The third-order valence-electron chi connectivity index (χ3n) is 3.90. The number of aromatic nitrogens is 1. The van der Waals surface area contributed by atoms with Crippen molar-refractivity contribution in [3.05, 3.63) is 59.3 Å². The summed E-state index contributed by atoms with van der Waals surface area (Å²) in [4.78, 5) is 16.3. The number of hydrogen-bond acceptors (Lipinski definition) is 4. The van der Waals surface area contributed by atoms with E-state index in [1.54, 1.807) is 13.0 Å². The number of carbonyl (C=O) groups excluding carboxylic acids is 1. The highest BCUT2D eigenvalue weighted by molar-refractivity contribution is 5.96. The summed E-state index contributed by atoms with van der Waals surface area (Å²) in [6.07, 6.45) is 4.56. The Morgan fingerprint density at radius 2 is 2.16 bits per heavy atom. The van der Waals surface area contributed by atoms with Gasteiger partial charge in [0.05, 0.1) is 6.61 Å². The van der Waals surface area contributed by atoms with E-state index in [1.807, 2.05) is 0 Å². The molecule has 1 aliphatic carbocycles. The summed E-state index contributed by atoms with van der Waals surface area (Å²) in [5.41, 5.74) is 0.960. The van der Waals surface area contributed by atoms with Gasteiger partial charge in [-0.05, 0) is 43.4 Å². The number of carbonyl (C=O) groups is 1. The molecular weight excluding hydrogens is 328 g/mol. The second kappa shape index (κ2) is 7.01. The number of ether oxygens (including phenoxy) is 2. The highest BCUT2D eigenvalue weighted by Gasteiger charge is 2.31. The fourth-order valence-corrected chi connectivity index (χ4v) is 2.59. The van der Waals surface area contributed by atoms with E-state index in [-0.39, 0.29) is 29.7 Å². The van der Waals surface area contributed by atoms with Gasteiger partial charge < -0.3 is 9.47 Å². The second-order valence-corrected chi connectivity index (χ2v) is 5.69. The third-order valence-corrected chi connectivity index (χ3v) is 3.90. The van der Waals surface area contributed by atoms with E-state index in [9.17, 15) is 13.6 Å². The third kappa shape index (κ3) is 3.52. The van der Waals surface area contributed by atoms with Crippen molar-refractivity contribution in [3.63, 3.8) is 0 Å². The number of hydrogen-bond donors (Lipinski definition) is 0. The van der Waals surface area contributed by atoms with E-state index in [0.717, 1.165) is 18.9 Å². The average Bonchev–Trinajstić information content (AvgIpc) is 3.41. The minimum absolute atomic E-state index is 0.0498. The average molecular weight is 345 g/mol. The summed E-state index contributed by atoms with van der Waals surface area (Å²) in [7, 11) is 0. The van der Waals surface area contributed by atoms with Gasteiger partial charge >= 0.3 is 5.97 Å². The van der Waals surface area contributed by atoms with Crippen molar-refractivity contribution in [2.24, 2.45) is 0 Å². The zero-order chi connectivity index (χ0) is 18.0. The van der Waals surface area contributed by atoms with Gasteiger partial charge in [0.15, 0.2) is 11.6 Å². The maximum atomic E-state index is 14.3. The van der Waals surface area contributed by atoms with Gasteiger partial charge in [0.1, 0.15) is 11.4 Å². The molecule has 1 aromatic heterocycles. The zero-order valence-electron chi connectivity index (χ0n) is 13.7. The number of rotatable bonds is 6. The summed E-state index contributed by atoms with van der Waals surface area (Å²) in [5, 5.41) is 0. The van der Waals surface area contributed by atoms with Crippen LogP contribution in [0.3, 0.4) is 0 Å². The molecule has 0 aliphatic heterocycles. The van der Waals surface area contributed by atoms with Crippen LogP contribution >= 0.6 is 0 Å². The Labute approximate surface area is 144 Å². The molecule has 0 N–H and O–H groups in total. The molecule has 1 aromatic carbocycles. The van der Waals surface area contributed by atoms with Crippen LogP contribution in [-0.2, 0) is 4.74 Å². The fourth-order valence-electron chi connectivity index (χ4n) is 2.59. The van der Waals surface area contributed by atoms with Gasteiger partial charge in [-0.3, -0.25) is 0 Å². The largest absolute Gasteiger partial charge is 0.462 e. The number of esters is 1. The Kier molecular flexibility index (Phi) is 4.79. The van der Waals surface area contributed by atoms with Gasteiger partial charge in [-0.25, -0.2) is 18.6 Å². The molecule has 25 heavy (non-hydrogen) atoms. The van der Waals surface area contributed by atoms with Crippen LogP contribution in [0.15, 0.2) is 31.0 Å². The smallest absolute Gasteiger partial charge is 0.344 e. The van der Waals surface area contributed by atoms with Crippen LogP contribution in [0.4, 0.5) is 8.78 Å². The van der Waals surface area contributed by atoms with Crippen LogP contribution in [-0.4, -0.2) is 17.6 Å². The van der Waals surface area contributed by atoms with Gasteiger partial charge in [0.2, 0.25) is 5.88 Å². The Balaban J connectivity index is 2.07. The predicted molar refractivity (Wildman–Crippen MR) is 88.7 cm³/mol. The lowest BCUT2D eigenvalue weighted by atomic mass is 10.1. The Morgan fingerprint density at radius 1 is 1.40 bits per heavy atom. The molecule has 0 spiro atoms. The second-order valence-electron chi connectivity index (χ2n) is 5.69. The number of benzene rings is 1. The van der Waals surface area contributed by atoms with E-state index in [4.69, 9.17) is 9.47 Å². The Hall–Kier alpha value is -2.76. The predicted octanol–water partition coefficient (Wildman–Crippen LogP) is 4.85. The lowest BCUT2D eigenvalue weighted by Crippen LogP contribution is -2.10. The van der Waals surface area contributed by atoms with E-state index in [0.29, 0.717) is 11.1 Å². The molecule has 1 heterocycles. The summed E-state index contributed by atoms with van der Waals surface area (Å²) in [5.74, 6) is -2.29. The van der Waals surface area contributed by atoms with Gasteiger partial charge in [-0.1, -0.05) is 12.7 Å². The van der Waals surface area contributed by atoms with Crippen LogP contribution in [0.2, 0.25) is 0 Å². The van der Waals surface area contributed by atoms with Gasteiger partial charge in [-0.2, -0.15) is 0 Å². The summed E-state index contributed by atoms with van der Waals surface area (Å²) in [6.45, 7) is 5.49. The van der Waals surface area contributed by atoms with Crippen molar-refractivity contribution in [1.29, 1.82) is 0 Å². The molecule has 0 amide bonds. The molecule has 6 heteroatoms.